The molecule has 0 amide bonds. The van der Waals surface area contributed by atoms with Gasteiger partial charge in [0.15, 0.2) is 11.5 Å². The van der Waals surface area contributed by atoms with Crippen molar-refractivity contribution in [1.29, 1.82) is 0 Å². The van der Waals surface area contributed by atoms with Gasteiger partial charge in [-0.1, -0.05) is 23.8 Å². The number of rotatable bonds is 7. The first kappa shape index (κ1) is 21.1. The van der Waals surface area contributed by atoms with Gasteiger partial charge in [0.1, 0.15) is 23.9 Å². The van der Waals surface area contributed by atoms with Crippen LogP contribution < -0.4 is 14.2 Å². The summed E-state index contributed by atoms with van der Waals surface area (Å²) in [6, 6.07) is 16.0. The van der Waals surface area contributed by atoms with Gasteiger partial charge in [0.25, 0.3) is 0 Å². The van der Waals surface area contributed by atoms with E-state index in [-0.39, 0.29) is 11.5 Å². The van der Waals surface area contributed by atoms with E-state index in [0.29, 0.717) is 23.9 Å². The van der Waals surface area contributed by atoms with Gasteiger partial charge in [0, 0.05) is 0 Å². The zero-order valence-electron chi connectivity index (χ0n) is 17.6. The molecule has 3 rings (SSSR count). The second-order valence-corrected chi connectivity index (χ2v) is 7.08. The normalized spacial score (nSPS) is 10.4. The molecule has 0 atom stereocenters. The van der Waals surface area contributed by atoms with E-state index in [2.05, 4.69) is 0 Å². The molecule has 5 heteroatoms. The Hall–Kier alpha value is -3.60. The Kier molecular flexibility index (Phi) is 6.52. The van der Waals surface area contributed by atoms with Crippen LogP contribution in [0.5, 0.6) is 28.7 Å². The zero-order valence-corrected chi connectivity index (χ0v) is 17.6. The Balaban J connectivity index is 2.01. The molecule has 0 spiro atoms. The van der Waals surface area contributed by atoms with Crippen molar-refractivity contribution in [1.82, 2.24) is 0 Å². The molecule has 5 nitrogen and oxygen atoms in total. The molecular weight excluding hydrogens is 380 g/mol. The van der Waals surface area contributed by atoms with Crippen LogP contribution in [0.2, 0.25) is 0 Å². The third-order valence-corrected chi connectivity index (χ3v) is 4.68. The van der Waals surface area contributed by atoms with E-state index in [1.165, 1.54) is 0 Å². The maximum Gasteiger partial charge on any atom is 0.161 e. The minimum absolute atomic E-state index is 0.0429. The van der Waals surface area contributed by atoms with Gasteiger partial charge in [0.2, 0.25) is 0 Å². The molecule has 0 saturated heterocycles. The van der Waals surface area contributed by atoms with Crippen LogP contribution in [0.25, 0.3) is 22.3 Å². The molecule has 0 heterocycles. The number of phenolic OH excluding ortho intramolecular Hbond substituents is 2. The largest absolute Gasteiger partial charge is 0.508 e. The number of allylic oxidation sites excluding steroid dienone is 1. The fourth-order valence-corrected chi connectivity index (χ4v) is 3.11. The second kappa shape index (κ2) is 9.27. The van der Waals surface area contributed by atoms with E-state index in [9.17, 15) is 10.2 Å². The van der Waals surface area contributed by atoms with E-state index < -0.39 is 0 Å². The molecule has 0 radical (unpaired) electrons. The summed E-state index contributed by atoms with van der Waals surface area (Å²) < 4.78 is 16.9. The Morgan fingerprint density at radius 1 is 0.767 bits per heavy atom. The van der Waals surface area contributed by atoms with Gasteiger partial charge < -0.3 is 24.4 Å². The Labute approximate surface area is 176 Å². The number of aromatic hydroxyl groups is 2. The van der Waals surface area contributed by atoms with Crippen LogP contribution in [-0.2, 0) is 0 Å². The van der Waals surface area contributed by atoms with Crippen LogP contribution in [0, 0.1) is 0 Å². The predicted molar refractivity (Wildman–Crippen MR) is 119 cm³/mol. The smallest absolute Gasteiger partial charge is 0.161 e. The summed E-state index contributed by atoms with van der Waals surface area (Å²) in [4.78, 5) is 0. The van der Waals surface area contributed by atoms with Crippen LogP contribution in [0.1, 0.15) is 13.8 Å². The van der Waals surface area contributed by atoms with Gasteiger partial charge in [-0.05, 0) is 73.0 Å². The molecule has 0 unspecified atom stereocenters. The maximum atomic E-state index is 10.5. The van der Waals surface area contributed by atoms with E-state index in [0.717, 1.165) is 27.8 Å². The van der Waals surface area contributed by atoms with Gasteiger partial charge >= 0.3 is 0 Å². The summed E-state index contributed by atoms with van der Waals surface area (Å²) in [7, 11) is 3.19. The number of ether oxygens (including phenoxy) is 3. The number of methoxy groups -OCH3 is 2. The highest BCUT2D eigenvalue weighted by atomic mass is 16.5. The van der Waals surface area contributed by atoms with E-state index in [1.54, 1.807) is 38.5 Å². The molecule has 30 heavy (non-hydrogen) atoms. The molecule has 0 bridgehead atoms. The molecule has 0 aromatic heterocycles. The van der Waals surface area contributed by atoms with Crippen LogP contribution in [0.3, 0.4) is 0 Å². The first-order valence-electron chi connectivity index (χ1n) is 9.58. The van der Waals surface area contributed by atoms with Crippen LogP contribution in [-0.4, -0.2) is 31.0 Å². The van der Waals surface area contributed by atoms with Crippen molar-refractivity contribution in [3.05, 3.63) is 66.2 Å². The van der Waals surface area contributed by atoms with Crippen molar-refractivity contribution >= 4 is 0 Å². The molecule has 0 aliphatic rings. The number of benzene rings is 3. The second-order valence-electron chi connectivity index (χ2n) is 7.08. The van der Waals surface area contributed by atoms with Crippen molar-refractivity contribution < 1.29 is 24.4 Å². The lowest BCUT2D eigenvalue weighted by molar-refractivity contribution is 0.335. The minimum atomic E-state index is 0.0429. The van der Waals surface area contributed by atoms with Crippen molar-refractivity contribution in [2.24, 2.45) is 0 Å². The lowest BCUT2D eigenvalue weighted by atomic mass is 9.97. The Morgan fingerprint density at radius 3 is 1.90 bits per heavy atom. The fraction of sp³-hybridized carbons (Fsp3) is 0.200. The third-order valence-electron chi connectivity index (χ3n) is 4.68. The number of hydrogen-bond acceptors (Lipinski definition) is 5. The summed E-state index contributed by atoms with van der Waals surface area (Å²) >= 11 is 0. The lowest BCUT2D eigenvalue weighted by Gasteiger charge is -2.17. The minimum Gasteiger partial charge on any atom is -0.508 e. The quantitative estimate of drug-likeness (QED) is 0.486. The van der Waals surface area contributed by atoms with Crippen LogP contribution in [0.4, 0.5) is 0 Å². The summed E-state index contributed by atoms with van der Waals surface area (Å²) in [6.45, 7) is 4.38. The van der Waals surface area contributed by atoms with E-state index in [4.69, 9.17) is 14.2 Å². The molecule has 2 N–H and O–H groups in total. The summed E-state index contributed by atoms with van der Waals surface area (Å²) in [5, 5.41) is 20.0. The van der Waals surface area contributed by atoms with Gasteiger partial charge in [-0.15, -0.1) is 0 Å². The first-order valence-corrected chi connectivity index (χ1v) is 9.58. The SMILES string of the molecule is COc1cc(-c2ccc(O)cc2)cc(OC)c1-c1ccc(OCC=C(C)C)c(O)c1. The van der Waals surface area contributed by atoms with Crippen LogP contribution in [0.15, 0.2) is 66.2 Å². The van der Waals surface area contributed by atoms with Gasteiger partial charge in [0.05, 0.1) is 19.8 Å². The molecular formula is C25H26O5. The number of hydrogen-bond donors (Lipinski definition) is 2. The number of phenols is 2. The summed E-state index contributed by atoms with van der Waals surface area (Å²) in [5.74, 6) is 1.87. The van der Waals surface area contributed by atoms with Gasteiger partial charge in [-0.25, -0.2) is 0 Å². The molecule has 0 fully saturated rings. The van der Waals surface area contributed by atoms with E-state index in [1.807, 2.05) is 50.3 Å². The highest BCUT2D eigenvalue weighted by molar-refractivity contribution is 5.83. The summed E-state index contributed by atoms with van der Waals surface area (Å²) in [6.07, 6.45) is 1.95. The van der Waals surface area contributed by atoms with Gasteiger partial charge in [-0.3, -0.25) is 0 Å². The highest BCUT2D eigenvalue weighted by Crippen LogP contribution is 2.44. The molecule has 0 aliphatic heterocycles. The first-order chi connectivity index (χ1) is 14.4. The zero-order chi connectivity index (χ0) is 21.7. The molecule has 3 aromatic rings. The standard InChI is InChI=1S/C25H26O5/c1-16(2)11-12-30-22-10-7-18(13-21(22)27)25-23(28-3)14-19(15-24(25)29-4)17-5-8-20(26)9-6-17/h5-11,13-15,26-27H,12H2,1-4H3. The molecule has 156 valence electrons. The highest BCUT2D eigenvalue weighted by Gasteiger charge is 2.17. The Morgan fingerprint density at radius 2 is 1.37 bits per heavy atom. The molecule has 0 saturated carbocycles. The molecule has 3 aromatic carbocycles. The molecule has 0 aliphatic carbocycles. The topological polar surface area (TPSA) is 68.2 Å². The fourth-order valence-electron chi connectivity index (χ4n) is 3.11. The van der Waals surface area contributed by atoms with Crippen molar-refractivity contribution in [2.75, 3.05) is 20.8 Å². The average molecular weight is 406 g/mol. The maximum absolute atomic E-state index is 10.5. The monoisotopic (exact) mass is 406 g/mol. The van der Waals surface area contributed by atoms with Gasteiger partial charge in [-0.2, -0.15) is 0 Å². The lowest BCUT2D eigenvalue weighted by Crippen LogP contribution is -1.97. The van der Waals surface area contributed by atoms with Crippen LogP contribution >= 0.6 is 0 Å². The predicted octanol–water partition coefficient (Wildman–Crippen LogP) is 5.79. The third kappa shape index (κ3) is 4.69. The summed E-state index contributed by atoms with van der Waals surface area (Å²) in [5.41, 5.74) is 4.43. The Bertz CT molecular complexity index is 1020. The van der Waals surface area contributed by atoms with E-state index >= 15 is 0 Å². The van der Waals surface area contributed by atoms with Crippen molar-refractivity contribution in [3.8, 4) is 51.0 Å². The van der Waals surface area contributed by atoms with Crippen molar-refractivity contribution in [3.63, 3.8) is 0 Å². The average Bonchev–Trinajstić information content (AvgIpc) is 2.74. The van der Waals surface area contributed by atoms with Crippen molar-refractivity contribution in [2.45, 2.75) is 13.8 Å².